The first-order valence-electron chi connectivity index (χ1n) is 10.5. The highest BCUT2D eigenvalue weighted by Crippen LogP contribution is 2.21. The number of hydrogen-bond donors (Lipinski definition) is 2. The van der Waals surface area contributed by atoms with Gasteiger partial charge in [-0.15, -0.1) is 0 Å². The van der Waals surface area contributed by atoms with Gasteiger partial charge in [0.2, 0.25) is 0 Å². The summed E-state index contributed by atoms with van der Waals surface area (Å²) in [7, 11) is 0. The van der Waals surface area contributed by atoms with E-state index < -0.39 is 0 Å². The Labute approximate surface area is 185 Å². The van der Waals surface area contributed by atoms with Crippen molar-refractivity contribution in [3.8, 4) is 17.2 Å². The Morgan fingerprint density at radius 2 is 1.84 bits per heavy atom. The second-order valence-corrected chi connectivity index (χ2v) is 7.44. The van der Waals surface area contributed by atoms with Crippen molar-refractivity contribution in [1.29, 1.82) is 0 Å². The van der Waals surface area contributed by atoms with Gasteiger partial charge in [-0.05, 0) is 36.2 Å². The molecular weight excluding hydrogens is 400 g/mol. The van der Waals surface area contributed by atoms with Crippen LogP contribution in [0, 0.1) is 0 Å². The number of H-pyrrole nitrogens is 1. The average Bonchev–Trinajstić information content (AvgIpc) is 3.48. The van der Waals surface area contributed by atoms with Crippen LogP contribution in [-0.2, 0) is 13.0 Å². The number of carbonyl (C=O) groups is 1. The Bertz CT molecular complexity index is 1340. The Morgan fingerprint density at radius 3 is 2.59 bits per heavy atom. The molecule has 0 radical (unpaired) electrons. The van der Waals surface area contributed by atoms with Gasteiger partial charge >= 0.3 is 0 Å². The lowest BCUT2D eigenvalue weighted by Crippen LogP contribution is -2.23. The molecular formula is C25H22N6O. The van der Waals surface area contributed by atoms with Crippen molar-refractivity contribution in [1.82, 2.24) is 30.0 Å². The first-order chi connectivity index (χ1) is 15.7. The number of amides is 1. The highest BCUT2D eigenvalue weighted by Gasteiger charge is 2.17. The molecule has 7 nitrogen and oxygen atoms in total. The molecule has 0 spiro atoms. The molecule has 7 heteroatoms. The molecule has 0 fully saturated rings. The normalized spacial score (nSPS) is 11.0. The topological polar surface area (TPSA) is 88.5 Å². The van der Waals surface area contributed by atoms with E-state index in [9.17, 15) is 4.79 Å². The van der Waals surface area contributed by atoms with Crippen LogP contribution in [0.4, 0.5) is 0 Å². The predicted octanol–water partition coefficient (Wildman–Crippen LogP) is 4.30. The lowest BCUT2D eigenvalue weighted by atomic mass is 10.1. The predicted molar refractivity (Wildman–Crippen MR) is 123 cm³/mol. The molecule has 0 unspecified atom stereocenters. The first kappa shape index (κ1) is 19.7. The quantitative estimate of drug-likeness (QED) is 0.427. The number of pyridine rings is 1. The molecule has 3 heterocycles. The zero-order valence-electron chi connectivity index (χ0n) is 17.6. The van der Waals surface area contributed by atoms with Crippen LogP contribution in [-0.4, -0.2) is 30.6 Å². The fourth-order valence-corrected chi connectivity index (χ4v) is 3.73. The van der Waals surface area contributed by atoms with Crippen molar-refractivity contribution in [2.45, 2.75) is 19.9 Å². The number of para-hydroxylation sites is 2. The van der Waals surface area contributed by atoms with Crippen molar-refractivity contribution < 1.29 is 4.79 Å². The van der Waals surface area contributed by atoms with E-state index in [1.165, 1.54) is 0 Å². The van der Waals surface area contributed by atoms with E-state index in [1.807, 2.05) is 73.7 Å². The molecule has 0 saturated heterocycles. The first-order valence-corrected chi connectivity index (χ1v) is 10.5. The van der Waals surface area contributed by atoms with Gasteiger partial charge in [-0.1, -0.05) is 49.4 Å². The van der Waals surface area contributed by atoms with Crippen LogP contribution in [0.2, 0.25) is 0 Å². The number of fused-ring (bicyclic) bond motifs is 1. The average molecular weight is 422 g/mol. The Kier molecular flexibility index (Phi) is 5.21. The van der Waals surface area contributed by atoms with E-state index >= 15 is 0 Å². The van der Waals surface area contributed by atoms with Crippen molar-refractivity contribution in [2.24, 2.45) is 0 Å². The van der Waals surface area contributed by atoms with Crippen LogP contribution in [0.1, 0.15) is 28.5 Å². The van der Waals surface area contributed by atoms with Gasteiger partial charge in [0.15, 0.2) is 5.82 Å². The highest BCUT2D eigenvalue weighted by molar-refractivity contribution is 5.95. The lowest BCUT2D eigenvalue weighted by Gasteiger charge is -2.08. The van der Waals surface area contributed by atoms with Gasteiger partial charge < -0.3 is 10.3 Å². The van der Waals surface area contributed by atoms with Gasteiger partial charge in [0, 0.05) is 18.3 Å². The maximum absolute atomic E-state index is 12.8. The van der Waals surface area contributed by atoms with Crippen molar-refractivity contribution >= 4 is 16.9 Å². The molecule has 1 amide bonds. The summed E-state index contributed by atoms with van der Waals surface area (Å²) >= 11 is 0. The summed E-state index contributed by atoms with van der Waals surface area (Å²) < 4.78 is 1.72. The molecule has 0 aliphatic carbocycles. The zero-order valence-corrected chi connectivity index (χ0v) is 17.6. The number of aromatic amines is 1. The lowest BCUT2D eigenvalue weighted by molar-refractivity contribution is 0.0950. The summed E-state index contributed by atoms with van der Waals surface area (Å²) in [5.41, 5.74) is 5.36. The van der Waals surface area contributed by atoms with E-state index in [0.717, 1.165) is 33.7 Å². The minimum atomic E-state index is -0.148. The third-order valence-electron chi connectivity index (χ3n) is 5.38. The number of aromatic nitrogens is 5. The van der Waals surface area contributed by atoms with E-state index in [4.69, 9.17) is 0 Å². The molecule has 5 aromatic rings. The van der Waals surface area contributed by atoms with Gasteiger partial charge in [0.05, 0.1) is 28.5 Å². The maximum Gasteiger partial charge on any atom is 0.255 e. The van der Waals surface area contributed by atoms with Crippen LogP contribution in [0.5, 0.6) is 0 Å². The summed E-state index contributed by atoms with van der Waals surface area (Å²) in [6, 6.07) is 21.6. The number of nitrogens with zero attached hydrogens (tertiary/aromatic N) is 4. The molecule has 158 valence electrons. The van der Waals surface area contributed by atoms with Gasteiger partial charge in [-0.25, -0.2) is 14.6 Å². The van der Waals surface area contributed by atoms with Crippen molar-refractivity contribution in [3.63, 3.8) is 0 Å². The number of nitrogens with one attached hydrogen (secondary N) is 2. The minimum absolute atomic E-state index is 0.148. The SMILES string of the molecule is CCc1c(C(=O)NCc2ccc(-c3nc4ccccc4[nH]3)cc2)cnn1-c1ccccn1. The van der Waals surface area contributed by atoms with E-state index in [0.29, 0.717) is 24.3 Å². The third kappa shape index (κ3) is 3.76. The van der Waals surface area contributed by atoms with E-state index in [2.05, 4.69) is 25.4 Å². The summed E-state index contributed by atoms with van der Waals surface area (Å²) in [6.45, 7) is 2.43. The fourth-order valence-electron chi connectivity index (χ4n) is 3.73. The van der Waals surface area contributed by atoms with E-state index in [-0.39, 0.29) is 5.91 Å². The summed E-state index contributed by atoms with van der Waals surface area (Å²) in [5.74, 6) is 1.38. The molecule has 2 aromatic carbocycles. The van der Waals surface area contributed by atoms with Crippen molar-refractivity contribution in [3.05, 3.63) is 95.9 Å². The third-order valence-corrected chi connectivity index (χ3v) is 5.38. The monoisotopic (exact) mass is 422 g/mol. The Hall–Kier alpha value is -4.26. The van der Waals surface area contributed by atoms with Crippen LogP contribution in [0.25, 0.3) is 28.2 Å². The van der Waals surface area contributed by atoms with Crippen LogP contribution >= 0.6 is 0 Å². The minimum Gasteiger partial charge on any atom is -0.348 e. The molecule has 5 rings (SSSR count). The van der Waals surface area contributed by atoms with E-state index in [1.54, 1.807) is 17.1 Å². The van der Waals surface area contributed by atoms with Gasteiger partial charge in [0.1, 0.15) is 5.82 Å². The molecule has 2 N–H and O–H groups in total. The maximum atomic E-state index is 12.8. The number of hydrogen-bond acceptors (Lipinski definition) is 4. The largest absolute Gasteiger partial charge is 0.348 e. The molecule has 32 heavy (non-hydrogen) atoms. The number of imidazole rings is 1. The fraction of sp³-hybridized carbons (Fsp3) is 0.120. The Morgan fingerprint density at radius 1 is 1.03 bits per heavy atom. The summed E-state index contributed by atoms with van der Waals surface area (Å²) in [6.07, 6.45) is 3.99. The molecule has 0 atom stereocenters. The summed E-state index contributed by atoms with van der Waals surface area (Å²) in [4.78, 5) is 25.1. The van der Waals surface area contributed by atoms with Gasteiger partial charge in [-0.3, -0.25) is 4.79 Å². The van der Waals surface area contributed by atoms with Crippen LogP contribution in [0.15, 0.2) is 79.1 Å². The highest BCUT2D eigenvalue weighted by atomic mass is 16.1. The number of rotatable bonds is 6. The molecule has 0 aliphatic rings. The number of benzene rings is 2. The Balaban J connectivity index is 1.29. The van der Waals surface area contributed by atoms with Crippen LogP contribution in [0.3, 0.4) is 0 Å². The molecule has 0 bridgehead atoms. The smallest absolute Gasteiger partial charge is 0.255 e. The second-order valence-electron chi connectivity index (χ2n) is 7.44. The van der Waals surface area contributed by atoms with Crippen LogP contribution < -0.4 is 5.32 Å². The van der Waals surface area contributed by atoms with Gasteiger partial charge in [0.25, 0.3) is 5.91 Å². The number of carbonyl (C=O) groups excluding carboxylic acids is 1. The van der Waals surface area contributed by atoms with Gasteiger partial charge in [-0.2, -0.15) is 5.10 Å². The molecule has 3 aromatic heterocycles. The second kappa shape index (κ2) is 8.47. The zero-order chi connectivity index (χ0) is 21.9. The summed E-state index contributed by atoms with van der Waals surface area (Å²) in [5, 5.41) is 7.38. The molecule has 0 saturated carbocycles. The van der Waals surface area contributed by atoms with Crippen molar-refractivity contribution in [2.75, 3.05) is 0 Å². The molecule has 0 aliphatic heterocycles. The standard InChI is InChI=1S/C25H22N6O/c1-2-22-19(16-28-31(22)23-9-5-6-14-26-23)25(32)27-15-17-10-12-18(13-11-17)24-29-20-7-3-4-8-21(20)30-24/h3-14,16H,2,15H2,1H3,(H,27,32)(H,29,30).